The van der Waals surface area contributed by atoms with Gasteiger partial charge in [0.05, 0.1) is 7.11 Å². The van der Waals surface area contributed by atoms with E-state index < -0.39 is 17.7 Å². The van der Waals surface area contributed by atoms with E-state index in [1.807, 2.05) is 13.8 Å². The fourth-order valence-corrected chi connectivity index (χ4v) is 2.30. The molecule has 1 heterocycles. The van der Waals surface area contributed by atoms with Crippen molar-refractivity contribution in [1.29, 1.82) is 0 Å². The summed E-state index contributed by atoms with van der Waals surface area (Å²) in [5.74, 6) is 0.0372. The molecule has 0 aliphatic rings. The molecule has 9 heteroatoms. The van der Waals surface area contributed by atoms with Crippen LogP contribution in [0, 0.1) is 5.92 Å². The molecule has 1 aromatic heterocycles. The Morgan fingerprint density at radius 3 is 2.54 bits per heavy atom. The summed E-state index contributed by atoms with van der Waals surface area (Å²) < 4.78 is 15.4. The predicted octanol–water partition coefficient (Wildman–Crippen LogP) is 2.95. The lowest BCUT2D eigenvalue weighted by Gasteiger charge is -2.24. The largest absolute Gasteiger partial charge is 0.468 e. The number of nitrogens with zero attached hydrogens (tertiary/aromatic N) is 2. The second-order valence-electron chi connectivity index (χ2n) is 6.28. The minimum Gasteiger partial charge on any atom is -0.468 e. The lowest BCUT2D eigenvalue weighted by molar-refractivity contribution is -0.137. The molecule has 0 aliphatic heterocycles. The van der Waals surface area contributed by atoms with Gasteiger partial charge in [-0.25, -0.2) is 4.79 Å². The van der Waals surface area contributed by atoms with E-state index in [4.69, 9.17) is 9.15 Å². The number of nitrogens with one attached hydrogen (secondary N) is 1. The zero-order valence-electron chi connectivity index (χ0n) is 14.9. The number of rotatable bonds is 7. The van der Waals surface area contributed by atoms with E-state index in [-0.39, 0.29) is 28.8 Å². The summed E-state index contributed by atoms with van der Waals surface area (Å²) in [6.07, 6.45) is 0.253. The Bertz CT molecular complexity index is 556. The third-order valence-electron chi connectivity index (χ3n) is 3.11. The monoisotopic (exact) mass is 359 g/mol. The summed E-state index contributed by atoms with van der Waals surface area (Å²) in [7, 11) is 1.31. The molecule has 0 saturated heterocycles. The molecule has 1 rings (SSSR count). The molecule has 8 nitrogen and oxygen atoms in total. The number of alkyl carbamates (subject to hydrolysis) is 1. The summed E-state index contributed by atoms with van der Waals surface area (Å²) in [6.45, 7) is 9.34. The Hall–Kier alpha value is -1.77. The molecule has 0 fully saturated rings. The van der Waals surface area contributed by atoms with Crippen LogP contribution in [0.2, 0.25) is 0 Å². The number of esters is 1. The lowest BCUT2D eigenvalue weighted by Crippen LogP contribution is -2.37. The average Bonchev–Trinajstić information content (AvgIpc) is 2.96. The quantitative estimate of drug-likeness (QED) is 0.585. The van der Waals surface area contributed by atoms with Gasteiger partial charge in [0.15, 0.2) is 0 Å². The maximum Gasteiger partial charge on any atom is 0.408 e. The van der Waals surface area contributed by atoms with Gasteiger partial charge in [-0.3, -0.25) is 4.79 Å². The highest BCUT2D eigenvalue weighted by Crippen LogP contribution is 2.26. The van der Waals surface area contributed by atoms with Gasteiger partial charge in [0.25, 0.3) is 5.22 Å². The molecule has 0 radical (unpaired) electrons. The normalized spacial score (nSPS) is 13.9. The third-order valence-corrected chi connectivity index (χ3v) is 3.91. The standard InChI is InChI=1S/C15H25N3O5S/c1-7-9(2)11(16-13(20)23-15(3,4)5)12-17-18-14(22-12)24-8-10(19)21-6/h9,11H,7-8H2,1-6H3,(H,16,20)/t9?,11-/m1/s1. The van der Waals surface area contributed by atoms with Crippen LogP contribution in [0.25, 0.3) is 0 Å². The van der Waals surface area contributed by atoms with Crippen LogP contribution in [0.15, 0.2) is 9.64 Å². The van der Waals surface area contributed by atoms with Crippen LogP contribution in [0.5, 0.6) is 0 Å². The molecule has 136 valence electrons. The van der Waals surface area contributed by atoms with Gasteiger partial charge in [0.1, 0.15) is 17.4 Å². The van der Waals surface area contributed by atoms with E-state index in [0.717, 1.165) is 18.2 Å². The average molecular weight is 359 g/mol. The first-order valence-electron chi connectivity index (χ1n) is 7.68. The highest BCUT2D eigenvalue weighted by molar-refractivity contribution is 7.99. The van der Waals surface area contributed by atoms with Crippen molar-refractivity contribution in [3.05, 3.63) is 5.89 Å². The van der Waals surface area contributed by atoms with Gasteiger partial charge in [-0.05, 0) is 26.7 Å². The minimum atomic E-state index is -0.597. The summed E-state index contributed by atoms with van der Waals surface area (Å²) in [6, 6.07) is -0.468. The van der Waals surface area contributed by atoms with Crippen LogP contribution in [0.4, 0.5) is 4.79 Å². The van der Waals surface area contributed by atoms with Gasteiger partial charge < -0.3 is 19.2 Å². The van der Waals surface area contributed by atoms with Crippen molar-refractivity contribution < 1.29 is 23.5 Å². The SMILES string of the molecule is CCC(C)[C@@H](NC(=O)OC(C)(C)C)c1nnc(SCC(=O)OC)o1. The molecular formula is C15H25N3O5S. The van der Waals surface area contributed by atoms with Gasteiger partial charge >= 0.3 is 12.1 Å². The van der Waals surface area contributed by atoms with Gasteiger partial charge in [-0.15, -0.1) is 10.2 Å². The molecule has 0 saturated carbocycles. The zero-order valence-corrected chi connectivity index (χ0v) is 15.7. The van der Waals surface area contributed by atoms with Crippen LogP contribution in [0.1, 0.15) is 53.0 Å². The first kappa shape index (κ1) is 20.3. The number of methoxy groups -OCH3 is 1. The molecule has 24 heavy (non-hydrogen) atoms. The van der Waals surface area contributed by atoms with E-state index in [9.17, 15) is 9.59 Å². The smallest absolute Gasteiger partial charge is 0.408 e. The van der Waals surface area contributed by atoms with E-state index in [1.165, 1.54) is 7.11 Å². The molecule has 0 aliphatic carbocycles. The fraction of sp³-hybridized carbons (Fsp3) is 0.733. The van der Waals surface area contributed by atoms with Crippen molar-refractivity contribution in [2.24, 2.45) is 5.92 Å². The number of thioether (sulfide) groups is 1. The third kappa shape index (κ3) is 6.77. The van der Waals surface area contributed by atoms with Crippen LogP contribution < -0.4 is 5.32 Å². The lowest BCUT2D eigenvalue weighted by atomic mass is 9.99. The van der Waals surface area contributed by atoms with Crippen molar-refractivity contribution in [2.75, 3.05) is 12.9 Å². The highest BCUT2D eigenvalue weighted by Gasteiger charge is 2.28. The minimum absolute atomic E-state index is 0.0661. The first-order valence-corrected chi connectivity index (χ1v) is 8.67. The van der Waals surface area contributed by atoms with Crippen molar-refractivity contribution in [3.8, 4) is 0 Å². The van der Waals surface area contributed by atoms with E-state index in [1.54, 1.807) is 20.8 Å². The number of hydrogen-bond acceptors (Lipinski definition) is 8. The molecule has 1 amide bonds. The van der Waals surface area contributed by atoms with Crippen molar-refractivity contribution in [1.82, 2.24) is 15.5 Å². The van der Waals surface area contributed by atoms with E-state index in [0.29, 0.717) is 0 Å². The summed E-state index contributed by atoms with van der Waals surface area (Å²) in [5, 5.41) is 10.9. The summed E-state index contributed by atoms with van der Waals surface area (Å²) >= 11 is 1.08. The molecule has 0 spiro atoms. The predicted molar refractivity (Wildman–Crippen MR) is 88.6 cm³/mol. The molecule has 1 aromatic rings. The summed E-state index contributed by atoms with van der Waals surface area (Å²) in [5.41, 5.74) is -0.597. The molecule has 0 aromatic carbocycles. The van der Waals surface area contributed by atoms with Gasteiger partial charge in [-0.2, -0.15) is 0 Å². The Labute approximate surface area is 146 Å². The van der Waals surface area contributed by atoms with E-state index >= 15 is 0 Å². The zero-order chi connectivity index (χ0) is 18.3. The summed E-state index contributed by atoms with van der Waals surface area (Å²) in [4.78, 5) is 23.2. The van der Waals surface area contributed by atoms with Crippen molar-refractivity contribution in [2.45, 2.75) is 57.9 Å². The number of carbonyl (C=O) groups excluding carboxylic acids is 2. The number of aromatic nitrogens is 2. The Morgan fingerprint density at radius 2 is 2.00 bits per heavy atom. The van der Waals surface area contributed by atoms with Crippen LogP contribution >= 0.6 is 11.8 Å². The number of carbonyl (C=O) groups is 2. The van der Waals surface area contributed by atoms with Crippen molar-refractivity contribution >= 4 is 23.8 Å². The number of amides is 1. The Kier molecular flexibility index (Phi) is 7.53. The fourth-order valence-electron chi connectivity index (χ4n) is 1.70. The molecule has 0 bridgehead atoms. The number of hydrogen-bond donors (Lipinski definition) is 1. The molecular weight excluding hydrogens is 334 g/mol. The van der Waals surface area contributed by atoms with E-state index in [2.05, 4.69) is 20.3 Å². The van der Waals surface area contributed by atoms with Crippen LogP contribution in [-0.2, 0) is 14.3 Å². The maximum atomic E-state index is 12.0. The molecule has 1 N–H and O–H groups in total. The Balaban J connectivity index is 2.80. The van der Waals surface area contributed by atoms with Crippen molar-refractivity contribution in [3.63, 3.8) is 0 Å². The molecule has 2 atom stereocenters. The second kappa shape index (κ2) is 8.91. The van der Waals surface area contributed by atoms with Crippen LogP contribution in [-0.4, -0.2) is 40.7 Å². The second-order valence-corrected chi connectivity index (χ2v) is 7.21. The topological polar surface area (TPSA) is 104 Å². The van der Waals surface area contributed by atoms with Gasteiger partial charge in [0.2, 0.25) is 5.89 Å². The van der Waals surface area contributed by atoms with Crippen LogP contribution in [0.3, 0.4) is 0 Å². The highest BCUT2D eigenvalue weighted by atomic mass is 32.2. The first-order chi connectivity index (χ1) is 11.2. The van der Waals surface area contributed by atoms with Gasteiger partial charge in [0, 0.05) is 0 Å². The molecule has 1 unspecified atom stereocenters. The maximum absolute atomic E-state index is 12.0. The van der Waals surface area contributed by atoms with Gasteiger partial charge in [-0.1, -0.05) is 32.0 Å². The Morgan fingerprint density at radius 1 is 1.33 bits per heavy atom. The number of ether oxygens (including phenoxy) is 2.